The molecule has 5 nitrogen and oxygen atoms in total. The lowest BCUT2D eigenvalue weighted by Crippen LogP contribution is -2.39. The predicted molar refractivity (Wildman–Crippen MR) is 106 cm³/mol. The lowest BCUT2D eigenvalue weighted by molar-refractivity contribution is 0.414. The highest BCUT2D eigenvalue weighted by Crippen LogP contribution is 2.26. The highest BCUT2D eigenvalue weighted by molar-refractivity contribution is 5.76. The van der Waals surface area contributed by atoms with Crippen molar-refractivity contribution in [3.8, 4) is 5.75 Å². The number of nitrogens with one attached hydrogen (secondary N) is 1. The molecule has 1 aromatic heterocycles. The Kier molecular flexibility index (Phi) is 4.61. The molecule has 0 radical (unpaired) electrons. The minimum absolute atomic E-state index is 0.422. The fourth-order valence-corrected chi connectivity index (χ4v) is 3.51. The van der Waals surface area contributed by atoms with Gasteiger partial charge in [-0.25, -0.2) is 9.97 Å². The van der Waals surface area contributed by atoms with Crippen molar-refractivity contribution >= 4 is 22.5 Å². The van der Waals surface area contributed by atoms with E-state index >= 15 is 0 Å². The SMILES string of the molecule is COc1cccc(N2CCC(Nc3nc4ccccc4nc3C)CC2)c1. The highest BCUT2D eigenvalue weighted by Gasteiger charge is 2.21. The minimum Gasteiger partial charge on any atom is -0.497 e. The van der Waals surface area contributed by atoms with Crippen LogP contribution < -0.4 is 15.0 Å². The number of benzene rings is 2. The molecule has 2 heterocycles. The third kappa shape index (κ3) is 3.43. The first-order valence-corrected chi connectivity index (χ1v) is 9.12. The molecule has 0 bridgehead atoms. The Bertz CT molecular complexity index is 903. The van der Waals surface area contributed by atoms with E-state index in [-0.39, 0.29) is 0 Å². The molecule has 1 N–H and O–H groups in total. The second-order valence-electron chi connectivity index (χ2n) is 6.75. The summed E-state index contributed by atoms with van der Waals surface area (Å²) in [6.45, 7) is 4.06. The van der Waals surface area contributed by atoms with E-state index < -0.39 is 0 Å². The number of nitrogens with zero attached hydrogens (tertiary/aromatic N) is 3. The van der Waals surface area contributed by atoms with Crippen molar-refractivity contribution < 1.29 is 4.74 Å². The van der Waals surface area contributed by atoms with Crippen molar-refractivity contribution in [3.63, 3.8) is 0 Å². The van der Waals surface area contributed by atoms with Gasteiger partial charge in [0.25, 0.3) is 0 Å². The summed E-state index contributed by atoms with van der Waals surface area (Å²) in [5.41, 5.74) is 4.07. The molecule has 0 aliphatic carbocycles. The van der Waals surface area contributed by atoms with Gasteiger partial charge in [0, 0.05) is 30.9 Å². The Hall–Kier alpha value is -2.82. The van der Waals surface area contributed by atoms with Gasteiger partial charge >= 0.3 is 0 Å². The van der Waals surface area contributed by atoms with Gasteiger partial charge in [-0.05, 0) is 44.0 Å². The van der Waals surface area contributed by atoms with Crippen LogP contribution in [0.15, 0.2) is 48.5 Å². The molecule has 26 heavy (non-hydrogen) atoms. The molecule has 1 fully saturated rings. The van der Waals surface area contributed by atoms with Crippen LogP contribution in [0.5, 0.6) is 5.75 Å². The molecule has 1 aliphatic rings. The molecule has 4 rings (SSSR count). The third-order valence-corrected chi connectivity index (χ3v) is 5.00. The molecule has 0 spiro atoms. The number of aryl methyl sites for hydroxylation is 1. The van der Waals surface area contributed by atoms with Crippen molar-refractivity contribution in [1.82, 2.24) is 9.97 Å². The Balaban J connectivity index is 1.43. The smallest absolute Gasteiger partial charge is 0.148 e. The number of hydrogen-bond acceptors (Lipinski definition) is 5. The Labute approximate surface area is 154 Å². The molecular formula is C21H24N4O. The molecular weight excluding hydrogens is 324 g/mol. The number of hydrogen-bond donors (Lipinski definition) is 1. The molecule has 0 saturated carbocycles. The van der Waals surface area contributed by atoms with Gasteiger partial charge < -0.3 is 15.0 Å². The fraction of sp³-hybridized carbons (Fsp3) is 0.333. The standard InChI is InChI=1S/C21H24N4O/c1-15-21(24-20-9-4-3-8-19(20)22-15)23-16-10-12-25(13-11-16)17-6-5-7-18(14-17)26-2/h3-9,14,16H,10-13H2,1-2H3,(H,23,24). The largest absolute Gasteiger partial charge is 0.497 e. The third-order valence-electron chi connectivity index (χ3n) is 5.00. The number of aromatic nitrogens is 2. The van der Waals surface area contributed by atoms with Crippen LogP contribution in [0, 0.1) is 6.92 Å². The van der Waals surface area contributed by atoms with Crippen LogP contribution in [-0.2, 0) is 0 Å². The number of piperidine rings is 1. The van der Waals surface area contributed by atoms with Gasteiger partial charge in [0.1, 0.15) is 11.6 Å². The van der Waals surface area contributed by atoms with Crippen LogP contribution in [0.25, 0.3) is 11.0 Å². The Morgan fingerprint density at radius 1 is 1.00 bits per heavy atom. The Morgan fingerprint density at radius 2 is 1.73 bits per heavy atom. The predicted octanol–water partition coefficient (Wildman–Crippen LogP) is 4.03. The fourth-order valence-electron chi connectivity index (χ4n) is 3.51. The first-order valence-electron chi connectivity index (χ1n) is 9.12. The number of ether oxygens (including phenoxy) is 1. The average Bonchev–Trinajstić information content (AvgIpc) is 2.69. The molecule has 0 unspecified atom stereocenters. The number of rotatable bonds is 4. The van der Waals surface area contributed by atoms with E-state index in [0.29, 0.717) is 6.04 Å². The van der Waals surface area contributed by atoms with Gasteiger partial charge in [0.15, 0.2) is 0 Å². The summed E-state index contributed by atoms with van der Waals surface area (Å²) in [6, 6.07) is 16.7. The summed E-state index contributed by atoms with van der Waals surface area (Å²) < 4.78 is 5.34. The number of anilines is 2. The van der Waals surface area contributed by atoms with Crippen LogP contribution in [0.2, 0.25) is 0 Å². The van der Waals surface area contributed by atoms with E-state index in [0.717, 1.165) is 54.2 Å². The zero-order chi connectivity index (χ0) is 17.9. The molecule has 1 aliphatic heterocycles. The quantitative estimate of drug-likeness (QED) is 0.771. The molecule has 2 aromatic carbocycles. The van der Waals surface area contributed by atoms with Crippen LogP contribution in [0.1, 0.15) is 18.5 Å². The second kappa shape index (κ2) is 7.20. The Morgan fingerprint density at radius 3 is 2.46 bits per heavy atom. The summed E-state index contributed by atoms with van der Waals surface area (Å²) >= 11 is 0. The van der Waals surface area contributed by atoms with Crippen molar-refractivity contribution in [2.24, 2.45) is 0 Å². The highest BCUT2D eigenvalue weighted by atomic mass is 16.5. The zero-order valence-electron chi connectivity index (χ0n) is 15.3. The number of para-hydroxylation sites is 2. The molecule has 5 heteroatoms. The van der Waals surface area contributed by atoms with Gasteiger partial charge in [-0.3, -0.25) is 0 Å². The molecule has 3 aromatic rings. The summed E-state index contributed by atoms with van der Waals surface area (Å²) in [5.74, 6) is 1.81. The van der Waals surface area contributed by atoms with Gasteiger partial charge in [-0.2, -0.15) is 0 Å². The maximum absolute atomic E-state index is 5.34. The summed E-state index contributed by atoms with van der Waals surface area (Å²) in [4.78, 5) is 11.9. The van der Waals surface area contributed by atoms with E-state index in [9.17, 15) is 0 Å². The minimum atomic E-state index is 0.422. The molecule has 134 valence electrons. The van der Waals surface area contributed by atoms with Crippen LogP contribution in [0.4, 0.5) is 11.5 Å². The first kappa shape index (κ1) is 16.6. The number of methoxy groups -OCH3 is 1. The van der Waals surface area contributed by atoms with E-state index in [2.05, 4.69) is 27.3 Å². The van der Waals surface area contributed by atoms with Crippen LogP contribution in [-0.4, -0.2) is 36.2 Å². The number of fused-ring (bicyclic) bond motifs is 1. The first-order chi connectivity index (χ1) is 12.7. The van der Waals surface area contributed by atoms with Gasteiger partial charge in [0.2, 0.25) is 0 Å². The van der Waals surface area contributed by atoms with Gasteiger partial charge in [-0.15, -0.1) is 0 Å². The molecule has 0 atom stereocenters. The summed E-state index contributed by atoms with van der Waals surface area (Å²) in [5, 5.41) is 3.61. The van der Waals surface area contributed by atoms with Crippen LogP contribution >= 0.6 is 0 Å². The van der Waals surface area contributed by atoms with E-state index in [4.69, 9.17) is 9.72 Å². The van der Waals surface area contributed by atoms with Crippen molar-refractivity contribution in [2.45, 2.75) is 25.8 Å². The zero-order valence-corrected chi connectivity index (χ0v) is 15.3. The maximum atomic E-state index is 5.34. The maximum Gasteiger partial charge on any atom is 0.148 e. The van der Waals surface area contributed by atoms with Crippen molar-refractivity contribution in [2.75, 3.05) is 30.4 Å². The lowest BCUT2D eigenvalue weighted by Gasteiger charge is -2.34. The normalized spacial score (nSPS) is 15.2. The lowest BCUT2D eigenvalue weighted by atomic mass is 10.0. The molecule has 0 amide bonds. The van der Waals surface area contributed by atoms with E-state index in [1.54, 1.807) is 7.11 Å². The van der Waals surface area contributed by atoms with Crippen LogP contribution in [0.3, 0.4) is 0 Å². The van der Waals surface area contributed by atoms with E-state index in [1.165, 1.54) is 5.69 Å². The van der Waals surface area contributed by atoms with Gasteiger partial charge in [0.05, 0.1) is 23.8 Å². The molecule has 1 saturated heterocycles. The summed E-state index contributed by atoms with van der Waals surface area (Å²) in [7, 11) is 1.71. The average molecular weight is 348 g/mol. The monoisotopic (exact) mass is 348 g/mol. The van der Waals surface area contributed by atoms with E-state index in [1.807, 2.05) is 43.3 Å². The van der Waals surface area contributed by atoms with Crippen molar-refractivity contribution in [3.05, 3.63) is 54.2 Å². The van der Waals surface area contributed by atoms with Crippen molar-refractivity contribution in [1.29, 1.82) is 0 Å². The summed E-state index contributed by atoms with van der Waals surface area (Å²) in [6.07, 6.45) is 2.15. The second-order valence-corrected chi connectivity index (χ2v) is 6.75. The topological polar surface area (TPSA) is 50.3 Å². The van der Waals surface area contributed by atoms with Gasteiger partial charge in [-0.1, -0.05) is 18.2 Å².